The van der Waals surface area contributed by atoms with Crippen molar-refractivity contribution < 1.29 is 14.6 Å². The van der Waals surface area contributed by atoms with E-state index in [0.29, 0.717) is 53.9 Å². The monoisotopic (exact) mass is 522 g/mol. The molecular formula is C33H50N2O3. The lowest BCUT2D eigenvalue weighted by atomic mass is 9.48. The van der Waals surface area contributed by atoms with Crippen LogP contribution in [0.1, 0.15) is 116 Å². The lowest BCUT2D eigenvalue weighted by molar-refractivity contribution is -0.121. The van der Waals surface area contributed by atoms with Crippen LogP contribution in [0.15, 0.2) is 18.2 Å². The number of ketones is 1. The molecule has 4 rings (SSSR count). The lowest BCUT2D eigenvalue weighted by Crippen LogP contribution is -2.51. The SMILES string of the molecule is CCC(CC)NCc1ccc(C#N)c(OCCC23CCC4C(CCCC4(C)CCC(C)=O)C2CCC3O)c1. The van der Waals surface area contributed by atoms with Gasteiger partial charge >= 0.3 is 0 Å². The normalized spacial score (nSPS) is 32.4. The number of nitrogens with one attached hydrogen (secondary N) is 1. The Kier molecular flexibility index (Phi) is 9.58. The Morgan fingerprint density at radius 3 is 2.66 bits per heavy atom. The minimum Gasteiger partial charge on any atom is -0.492 e. The van der Waals surface area contributed by atoms with E-state index in [0.717, 1.165) is 63.5 Å². The first-order chi connectivity index (χ1) is 18.3. The zero-order chi connectivity index (χ0) is 27.3. The number of rotatable bonds is 12. The van der Waals surface area contributed by atoms with Gasteiger partial charge in [-0.2, -0.15) is 5.26 Å². The molecule has 38 heavy (non-hydrogen) atoms. The maximum absolute atomic E-state index is 11.8. The highest BCUT2D eigenvalue weighted by Crippen LogP contribution is 2.64. The molecule has 0 saturated heterocycles. The molecule has 5 nitrogen and oxygen atoms in total. The van der Waals surface area contributed by atoms with Gasteiger partial charge in [-0.15, -0.1) is 0 Å². The van der Waals surface area contributed by atoms with Gasteiger partial charge in [-0.05, 0) is 112 Å². The van der Waals surface area contributed by atoms with Gasteiger partial charge in [0, 0.05) is 24.4 Å². The molecule has 0 amide bonds. The molecule has 0 aromatic heterocycles. The molecule has 3 fully saturated rings. The van der Waals surface area contributed by atoms with Crippen LogP contribution in [0.5, 0.6) is 5.75 Å². The van der Waals surface area contributed by atoms with E-state index < -0.39 is 0 Å². The predicted molar refractivity (Wildman–Crippen MR) is 152 cm³/mol. The zero-order valence-electron chi connectivity index (χ0n) is 24.2. The Morgan fingerprint density at radius 2 is 1.95 bits per heavy atom. The standard InChI is InChI=1S/C33H50N2O3/c1-5-26(6-2)35-22-24-9-10-25(21-34)30(20-24)38-19-18-33-17-14-28-27(29(33)11-12-31(33)37)8-7-15-32(28,4)16-13-23(3)36/h9-10,20,26-29,31,35,37H,5-8,11-19,22H2,1-4H3. The zero-order valence-corrected chi connectivity index (χ0v) is 24.2. The minimum absolute atomic E-state index is 0.0819. The number of fused-ring (bicyclic) bond motifs is 3. The van der Waals surface area contributed by atoms with E-state index in [4.69, 9.17) is 4.74 Å². The van der Waals surface area contributed by atoms with Crippen molar-refractivity contribution in [2.24, 2.45) is 28.6 Å². The number of ether oxygens (including phenoxy) is 1. The molecular weight excluding hydrogens is 472 g/mol. The average Bonchev–Trinajstić information content (AvgIpc) is 3.25. The summed E-state index contributed by atoms with van der Waals surface area (Å²) in [6.07, 6.45) is 12.4. The van der Waals surface area contributed by atoms with Crippen LogP contribution in [-0.2, 0) is 11.3 Å². The number of aliphatic hydroxyl groups is 1. The molecule has 210 valence electrons. The molecule has 0 aliphatic heterocycles. The van der Waals surface area contributed by atoms with E-state index in [1.54, 1.807) is 6.92 Å². The van der Waals surface area contributed by atoms with Crippen molar-refractivity contribution in [2.45, 2.75) is 123 Å². The highest BCUT2D eigenvalue weighted by atomic mass is 16.5. The first-order valence-corrected chi connectivity index (χ1v) is 15.3. The van der Waals surface area contributed by atoms with Gasteiger partial charge in [0.1, 0.15) is 17.6 Å². The van der Waals surface area contributed by atoms with Crippen molar-refractivity contribution >= 4 is 5.78 Å². The molecule has 3 aliphatic carbocycles. The Bertz CT molecular complexity index is 998. The lowest BCUT2D eigenvalue weighted by Gasteiger charge is -2.57. The molecule has 5 heteroatoms. The summed E-state index contributed by atoms with van der Waals surface area (Å²) in [4.78, 5) is 11.8. The number of benzene rings is 1. The van der Waals surface area contributed by atoms with Crippen LogP contribution in [-0.4, -0.2) is 29.6 Å². The number of carbonyl (C=O) groups excluding carboxylic acids is 1. The second kappa shape index (κ2) is 12.5. The van der Waals surface area contributed by atoms with Gasteiger partial charge in [-0.25, -0.2) is 0 Å². The Labute approximate surface area is 230 Å². The number of hydrogen-bond acceptors (Lipinski definition) is 5. The van der Waals surface area contributed by atoms with Crippen molar-refractivity contribution in [1.82, 2.24) is 5.32 Å². The van der Waals surface area contributed by atoms with Crippen LogP contribution in [0.2, 0.25) is 0 Å². The summed E-state index contributed by atoms with van der Waals surface area (Å²) in [6, 6.07) is 8.71. The van der Waals surface area contributed by atoms with Gasteiger partial charge < -0.3 is 20.0 Å². The fourth-order valence-corrected chi connectivity index (χ4v) is 8.59. The Balaban J connectivity index is 1.44. The first kappa shape index (κ1) is 29.1. The topological polar surface area (TPSA) is 82.3 Å². The number of Topliss-reactive ketones (excluding diaryl/α,β-unsaturated/α-hetero) is 1. The van der Waals surface area contributed by atoms with Crippen LogP contribution in [0, 0.1) is 39.9 Å². The molecule has 1 aromatic rings. The van der Waals surface area contributed by atoms with Gasteiger partial charge in [0.05, 0.1) is 18.3 Å². The number of hydrogen-bond donors (Lipinski definition) is 2. The molecule has 0 bridgehead atoms. The number of nitriles is 1. The van der Waals surface area contributed by atoms with E-state index in [1.165, 1.54) is 19.3 Å². The summed E-state index contributed by atoms with van der Waals surface area (Å²) < 4.78 is 6.33. The van der Waals surface area contributed by atoms with E-state index in [9.17, 15) is 15.2 Å². The molecule has 6 unspecified atom stereocenters. The van der Waals surface area contributed by atoms with Crippen LogP contribution >= 0.6 is 0 Å². The van der Waals surface area contributed by atoms with Gasteiger partial charge in [0.25, 0.3) is 0 Å². The third kappa shape index (κ3) is 5.97. The number of nitrogens with zero attached hydrogens (tertiary/aromatic N) is 1. The molecule has 0 heterocycles. The molecule has 2 N–H and O–H groups in total. The summed E-state index contributed by atoms with van der Waals surface area (Å²) in [5.41, 5.74) is 1.88. The van der Waals surface area contributed by atoms with E-state index in [-0.39, 0.29) is 16.9 Å². The van der Waals surface area contributed by atoms with Crippen molar-refractivity contribution in [1.29, 1.82) is 5.26 Å². The van der Waals surface area contributed by atoms with E-state index in [2.05, 4.69) is 32.2 Å². The first-order valence-electron chi connectivity index (χ1n) is 15.3. The highest BCUT2D eigenvalue weighted by molar-refractivity contribution is 5.75. The van der Waals surface area contributed by atoms with E-state index >= 15 is 0 Å². The second-order valence-corrected chi connectivity index (χ2v) is 12.9. The van der Waals surface area contributed by atoms with Crippen LogP contribution in [0.3, 0.4) is 0 Å². The molecule has 3 aliphatic rings. The summed E-state index contributed by atoms with van der Waals surface area (Å²) >= 11 is 0. The molecule has 0 spiro atoms. The largest absolute Gasteiger partial charge is 0.492 e. The molecule has 0 radical (unpaired) electrons. The summed E-state index contributed by atoms with van der Waals surface area (Å²) in [5, 5.41) is 24.6. The Hall–Kier alpha value is -1.90. The quantitative estimate of drug-likeness (QED) is 0.310. The van der Waals surface area contributed by atoms with Gasteiger partial charge in [0.2, 0.25) is 0 Å². The molecule has 3 saturated carbocycles. The number of aliphatic hydroxyl groups excluding tert-OH is 1. The van der Waals surface area contributed by atoms with Crippen LogP contribution in [0.4, 0.5) is 0 Å². The number of carbonyl (C=O) groups is 1. The predicted octanol–water partition coefficient (Wildman–Crippen LogP) is 6.95. The van der Waals surface area contributed by atoms with Crippen molar-refractivity contribution in [3.05, 3.63) is 29.3 Å². The third-order valence-corrected chi connectivity index (χ3v) is 10.9. The van der Waals surface area contributed by atoms with Crippen LogP contribution < -0.4 is 10.1 Å². The maximum atomic E-state index is 11.8. The fraction of sp³-hybridized carbons (Fsp3) is 0.758. The molecule has 1 aromatic carbocycles. The van der Waals surface area contributed by atoms with Gasteiger partial charge in [0.15, 0.2) is 0 Å². The van der Waals surface area contributed by atoms with E-state index in [1.807, 2.05) is 18.2 Å². The third-order valence-electron chi connectivity index (χ3n) is 10.9. The van der Waals surface area contributed by atoms with Crippen molar-refractivity contribution in [3.8, 4) is 11.8 Å². The Morgan fingerprint density at radius 1 is 1.16 bits per heavy atom. The van der Waals surface area contributed by atoms with Gasteiger partial charge in [-0.1, -0.05) is 33.3 Å². The summed E-state index contributed by atoms with van der Waals surface area (Å²) in [7, 11) is 0. The maximum Gasteiger partial charge on any atom is 0.137 e. The highest BCUT2D eigenvalue weighted by Gasteiger charge is 2.59. The fourth-order valence-electron chi connectivity index (χ4n) is 8.59. The minimum atomic E-state index is -0.270. The summed E-state index contributed by atoms with van der Waals surface area (Å²) in [5.74, 6) is 2.80. The van der Waals surface area contributed by atoms with Crippen molar-refractivity contribution in [2.75, 3.05) is 6.61 Å². The second-order valence-electron chi connectivity index (χ2n) is 12.9. The molecule has 6 atom stereocenters. The average molecular weight is 523 g/mol. The summed E-state index contributed by atoms with van der Waals surface area (Å²) in [6.45, 7) is 9.86. The smallest absolute Gasteiger partial charge is 0.137 e. The van der Waals surface area contributed by atoms with Crippen LogP contribution in [0.25, 0.3) is 0 Å². The van der Waals surface area contributed by atoms with Gasteiger partial charge in [-0.3, -0.25) is 0 Å². The van der Waals surface area contributed by atoms with Crippen molar-refractivity contribution in [3.63, 3.8) is 0 Å².